The fourth-order valence-corrected chi connectivity index (χ4v) is 8.87. The van der Waals surface area contributed by atoms with E-state index in [1.165, 1.54) is 77.0 Å². The Bertz CT molecular complexity index is 498. The summed E-state index contributed by atoms with van der Waals surface area (Å²) < 4.78 is 0. The lowest BCUT2D eigenvalue weighted by Gasteiger charge is -2.58. The van der Waals surface area contributed by atoms with Crippen LogP contribution in [0.15, 0.2) is 4.99 Å². The first-order chi connectivity index (χ1) is 11.6. The van der Waals surface area contributed by atoms with Crippen LogP contribution in [0.3, 0.4) is 0 Å². The van der Waals surface area contributed by atoms with E-state index in [1.54, 1.807) is 5.06 Å². The van der Waals surface area contributed by atoms with Gasteiger partial charge in [0.25, 0.3) is 0 Å². The van der Waals surface area contributed by atoms with Gasteiger partial charge in [0.2, 0.25) is 0 Å². The van der Waals surface area contributed by atoms with Crippen molar-refractivity contribution in [1.82, 2.24) is 5.06 Å². The van der Waals surface area contributed by atoms with Crippen LogP contribution in [0.4, 0.5) is 0 Å². The number of nitrogens with zero attached hydrogens (tertiary/aromatic N) is 2. The number of rotatable bonds is 3. The topological polar surface area (TPSA) is 35.8 Å². The minimum Gasteiger partial charge on any atom is -0.287 e. The standard InChI is InChI=1S/C21H32N2O/c24-23(21-10-17-4-18(11-21)6-19(5-17)12-21)13-22-20-7-14-1-15(8-20)3-16(2-14)9-20/h13-19,24H,1-12H2. The summed E-state index contributed by atoms with van der Waals surface area (Å²) in [6.07, 6.45) is 18.1. The lowest BCUT2D eigenvalue weighted by molar-refractivity contribution is -0.176. The molecule has 8 rings (SSSR count). The van der Waals surface area contributed by atoms with Gasteiger partial charge >= 0.3 is 0 Å². The van der Waals surface area contributed by atoms with Crippen molar-refractivity contribution in [2.75, 3.05) is 0 Å². The van der Waals surface area contributed by atoms with Crippen molar-refractivity contribution < 1.29 is 5.21 Å². The van der Waals surface area contributed by atoms with E-state index < -0.39 is 0 Å². The number of hydrogen-bond donors (Lipinski definition) is 1. The van der Waals surface area contributed by atoms with Gasteiger partial charge in [0.15, 0.2) is 0 Å². The van der Waals surface area contributed by atoms with Gasteiger partial charge < -0.3 is 0 Å². The Morgan fingerprint density at radius 1 is 0.667 bits per heavy atom. The van der Waals surface area contributed by atoms with E-state index >= 15 is 0 Å². The zero-order chi connectivity index (χ0) is 15.9. The molecule has 8 aliphatic carbocycles. The Morgan fingerprint density at radius 3 is 1.46 bits per heavy atom. The van der Waals surface area contributed by atoms with E-state index in [1.807, 2.05) is 6.34 Å². The van der Waals surface area contributed by atoms with Gasteiger partial charge in [-0.15, -0.1) is 0 Å². The second-order valence-corrected chi connectivity index (χ2v) is 10.9. The Hall–Kier alpha value is -0.570. The normalized spacial score (nSPS) is 57.2. The molecule has 0 aromatic rings. The van der Waals surface area contributed by atoms with Crippen molar-refractivity contribution in [2.45, 2.75) is 88.1 Å². The highest BCUT2D eigenvalue weighted by atomic mass is 16.5. The van der Waals surface area contributed by atoms with Crippen LogP contribution in [0.1, 0.15) is 77.0 Å². The SMILES string of the molecule is ON(C=NC12CC3CC(CC(C3)C1)C2)C12CC3CC(CC(C3)C1)C2. The summed E-state index contributed by atoms with van der Waals surface area (Å²) in [5.41, 5.74) is 0.235. The highest BCUT2D eigenvalue weighted by Crippen LogP contribution is 2.59. The zero-order valence-corrected chi connectivity index (χ0v) is 14.9. The minimum absolute atomic E-state index is 0.0422. The summed E-state index contributed by atoms with van der Waals surface area (Å²) in [4.78, 5) is 5.12. The van der Waals surface area contributed by atoms with E-state index in [0.29, 0.717) is 0 Å². The van der Waals surface area contributed by atoms with Crippen LogP contribution in [0.2, 0.25) is 0 Å². The van der Waals surface area contributed by atoms with Crippen molar-refractivity contribution in [2.24, 2.45) is 40.5 Å². The summed E-state index contributed by atoms with van der Waals surface area (Å²) in [5.74, 6) is 5.41. The quantitative estimate of drug-likeness (QED) is 0.465. The zero-order valence-electron chi connectivity index (χ0n) is 14.9. The van der Waals surface area contributed by atoms with Gasteiger partial charge in [-0.3, -0.25) is 10.2 Å². The Balaban J connectivity index is 1.23. The molecular formula is C21H32N2O. The molecule has 0 unspecified atom stereocenters. The van der Waals surface area contributed by atoms with Crippen molar-refractivity contribution in [1.29, 1.82) is 0 Å². The van der Waals surface area contributed by atoms with Gasteiger partial charge in [-0.1, -0.05) is 0 Å². The molecule has 132 valence electrons. The second-order valence-electron chi connectivity index (χ2n) is 10.9. The largest absolute Gasteiger partial charge is 0.287 e. The minimum atomic E-state index is 0.0422. The Morgan fingerprint density at radius 2 is 1.04 bits per heavy atom. The number of hydroxylamine groups is 2. The average molecular weight is 329 g/mol. The van der Waals surface area contributed by atoms with Gasteiger partial charge in [-0.25, -0.2) is 5.06 Å². The predicted molar refractivity (Wildman–Crippen MR) is 93.9 cm³/mol. The molecule has 0 aromatic heterocycles. The number of aliphatic imine (C=N–C) groups is 1. The van der Waals surface area contributed by atoms with Gasteiger partial charge in [-0.05, 0) is 113 Å². The van der Waals surface area contributed by atoms with Crippen LogP contribution < -0.4 is 0 Å². The molecule has 0 spiro atoms. The van der Waals surface area contributed by atoms with E-state index in [-0.39, 0.29) is 11.1 Å². The van der Waals surface area contributed by atoms with Crippen molar-refractivity contribution in [3.63, 3.8) is 0 Å². The van der Waals surface area contributed by atoms with Gasteiger partial charge in [0, 0.05) is 0 Å². The molecule has 1 N–H and O–H groups in total. The van der Waals surface area contributed by atoms with Crippen molar-refractivity contribution >= 4 is 6.34 Å². The fourth-order valence-electron chi connectivity index (χ4n) is 8.87. The first-order valence-electron chi connectivity index (χ1n) is 10.6. The maximum atomic E-state index is 11.0. The van der Waals surface area contributed by atoms with E-state index in [4.69, 9.17) is 4.99 Å². The average Bonchev–Trinajstić information content (AvgIpc) is 2.50. The summed E-state index contributed by atoms with van der Waals surface area (Å²) in [5, 5.41) is 12.6. The molecule has 0 amide bonds. The monoisotopic (exact) mass is 328 g/mol. The third-order valence-corrected chi connectivity index (χ3v) is 8.94. The fraction of sp³-hybridized carbons (Fsp3) is 0.952. The molecule has 8 saturated carbocycles. The second kappa shape index (κ2) is 4.78. The van der Waals surface area contributed by atoms with Crippen molar-refractivity contribution in [3.05, 3.63) is 0 Å². The third-order valence-electron chi connectivity index (χ3n) is 8.94. The highest BCUT2D eigenvalue weighted by Gasteiger charge is 2.54. The van der Waals surface area contributed by atoms with Gasteiger partial charge in [0.05, 0.1) is 11.1 Å². The van der Waals surface area contributed by atoms with Crippen LogP contribution in [-0.2, 0) is 0 Å². The summed E-state index contributed by atoms with van der Waals surface area (Å²) in [6, 6.07) is 0. The molecule has 0 radical (unpaired) electrons. The molecule has 3 nitrogen and oxygen atoms in total. The van der Waals surface area contributed by atoms with Crippen LogP contribution in [0.25, 0.3) is 0 Å². The molecule has 8 bridgehead atoms. The Labute approximate surface area is 145 Å². The third kappa shape index (κ3) is 2.09. The van der Waals surface area contributed by atoms with E-state index in [9.17, 15) is 5.21 Å². The van der Waals surface area contributed by atoms with Crippen LogP contribution in [-0.4, -0.2) is 27.7 Å². The number of hydrogen-bond acceptors (Lipinski definition) is 2. The van der Waals surface area contributed by atoms with E-state index in [2.05, 4.69) is 0 Å². The van der Waals surface area contributed by atoms with Crippen LogP contribution in [0.5, 0.6) is 0 Å². The molecule has 0 saturated heterocycles. The molecule has 3 heteroatoms. The molecule has 0 aliphatic heterocycles. The van der Waals surface area contributed by atoms with Gasteiger partial charge in [0.1, 0.15) is 6.34 Å². The highest BCUT2D eigenvalue weighted by molar-refractivity contribution is 5.56. The van der Waals surface area contributed by atoms with Crippen LogP contribution in [0, 0.1) is 35.5 Å². The lowest BCUT2D eigenvalue weighted by atomic mass is 9.53. The molecule has 0 atom stereocenters. The summed E-state index contributed by atoms with van der Waals surface area (Å²) in [6.45, 7) is 0. The Kier molecular flexibility index (Phi) is 2.90. The first kappa shape index (κ1) is 14.6. The maximum Gasteiger partial charge on any atom is 0.111 e. The molecule has 8 fully saturated rings. The molecule has 8 aliphatic rings. The maximum absolute atomic E-state index is 11.0. The van der Waals surface area contributed by atoms with Crippen molar-refractivity contribution in [3.8, 4) is 0 Å². The summed E-state index contributed by atoms with van der Waals surface area (Å²) >= 11 is 0. The molecular weight excluding hydrogens is 296 g/mol. The first-order valence-corrected chi connectivity index (χ1v) is 10.6. The molecule has 0 aromatic carbocycles. The lowest BCUT2D eigenvalue weighted by Crippen LogP contribution is -2.59. The summed E-state index contributed by atoms with van der Waals surface area (Å²) in [7, 11) is 0. The van der Waals surface area contributed by atoms with E-state index in [0.717, 1.165) is 35.5 Å². The van der Waals surface area contributed by atoms with Gasteiger partial charge in [-0.2, -0.15) is 0 Å². The smallest absolute Gasteiger partial charge is 0.111 e. The molecule has 24 heavy (non-hydrogen) atoms. The molecule has 0 heterocycles. The predicted octanol–water partition coefficient (Wildman–Crippen LogP) is 4.64. The van der Waals surface area contributed by atoms with Crippen LogP contribution >= 0.6 is 0 Å².